The van der Waals surface area contributed by atoms with Gasteiger partial charge in [-0.05, 0) is 12.2 Å². The van der Waals surface area contributed by atoms with Crippen LogP contribution in [0.25, 0.3) is 0 Å². The fraction of sp³-hybridized carbons (Fsp3) is 0.333. The maximum absolute atomic E-state index is 10.6. The molecule has 0 unspecified atom stereocenters. The number of halogens is 3. The zero-order valence-corrected chi connectivity index (χ0v) is 12.2. The first-order valence-corrected chi connectivity index (χ1v) is 5.68. The van der Waals surface area contributed by atoms with Gasteiger partial charge < -0.3 is 4.55 Å². The van der Waals surface area contributed by atoms with E-state index in [-0.39, 0.29) is 41.0 Å². The molecule has 0 aliphatic heterocycles. The van der Waals surface area contributed by atoms with E-state index in [0.717, 1.165) is 6.08 Å². The fourth-order valence-corrected chi connectivity index (χ4v) is 2.53. The number of hydrogen-bond acceptors (Lipinski definition) is 3. The monoisotopic (exact) mass is 284 g/mol. The van der Waals surface area contributed by atoms with Crippen molar-refractivity contribution in [3.05, 3.63) is 22.1 Å². The molecule has 0 fully saturated rings. The van der Waals surface area contributed by atoms with E-state index in [2.05, 4.69) is 0 Å². The van der Waals surface area contributed by atoms with E-state index in [4.69, 9.17) is 34.8 Å². The smallest absolute Gasteiger partial charge is 0.744 e. The summed E-state index contributed by atoms with van der Waals surface area (Å²) in [5.74, 6) is 0. The van der Waals surface area contributed by atoms with Crippen LogP contribution in [-0.2, 0) is 10.1 Å². The number of alkyl halides is 2. The third-order valence-electron chi connectivity index (χ3n) is 1.41. The summed E-state index contributed by atoms with van der Waals surface area (Å²) in [6, 6.07) is 0. The zero-order chi connectivity index (χ0) is 10.3. The molecule has 1 rings (SSSR count). The molecule has 0 N–H and O–H groups in total. The van der Waals surface area contributed by atoms with E-state index in [1.807, 2.05) is 0 Å². The van der Waals surface area contributed by atoms with E-state index < -0.39 is 19.4 Å². The average Bonchev–Trinajstić information content (AvgIpc) is 1.80. The molecule has 0 aromatic carbocycles. The van der Waals surface area contributed by atoms with Crippen LogP contribution >= 0.6 is 34.8 Å². The number of hydrogen-bond donors (Lipinski definition) is 0. The van der Waals surface area contributed by atoms with Gasteiger partial charge in [0.25, 0.3) is 0 Å². The van der Waals surface area contributed by atoms with E-state index in [9.17, 15) is 13.0 Å². The molecule has 8 heteroatoms. The molecule has 0 aromatic heterocycles. The Morgan fingerprint density at radius 1 is 1.43 bits per heavy atom. The summed E-state index contributed by atoms with van der Waals surface area (Å²) in [4.78, 5) is -0.467. The van der Waals surface area contributed by atoms with Crippen LogP contribution < -0.4 is 29.6 Å². The summed E-state index contributed by atoms with van der Waals surface area (Å²) < 4.78 is 30.5. The van der Waals surface area contributed by atoms with Gasteiger partial charge in [-0.25, -0.2) is 8.42 Å². The second kappa shape index (κ2) is 5.06. The molecule has 3 nitrogen and oxygen atoms in total. The van der Waals surface area contributed by atoms with Crippen molar-refractivity contribution in [2.75, 3.05) is 0 Å². The minimum absolute atomic E-state index is 0. The molecule has 0 saturated carbocycles. The Labute approximate surface area is 119 Å². The first kappa shape index (κ1) is 15.3. The number of allylic oxidation sites excluding steroid dienone is 3. The normalized spacial score (nSPS) is 20.6. The van der Waals surface area contributed by atoms with Crippen LogP contribution in [0.3, 0.4) is 0 Å². The topological polar surface area (TPSA) is 57.2 Å². The predicted molar refractivity (Wildman–Crippen MR) is 50.8 cm³/mol. The summed E-state index contributed by atoms with van der Waals surface area (Å²) in [5.41, 5.74) is 0. The quantitative estimate of drug-likeness (QED) is 0.357. The Balaban J connectivity index is 0.00000169. The third kappa shape index (κ3) is 4.02. The standard InChI is InChI=1S/C6H5Cl3O3S.Na/c7-4-3-6(8,9)2-1-5(4)13(10,11)12;/h1-2H,3H2,(H,10,11,12);/q;+1/p-1. The zero-order valence-electron chi connectivity index (χ0n) is 7.13. The number of rotatable bonds is 1. The van der Waals surface area contributed by atoms with Crippen molar-refractivity contribution in [3.63, 3.8) is 0 Å². The molecule has 0 saturated heterocycles. The van der Waals surface area contributed by atoms with Crippen LogP contribution in [0.15, 0.2) is 22.1 Å². The van der Waals surface area contributed by atoms with Crippen LogP contribution in [0.1, 0.15) is 6.42 Å². The molecule has 0 atom stereocenters. The van der Waals surface area contributed by atoms with Crippen molar-refractivity contribution in [2.45, 2.75) is 10.8 Å². The molecule has 1 aliphatic carbocycles. The van der Waals surface area contributed by atoms with Crippen LogP contribution in [0.5, 0.6) is 0 Å². The van der Waals surface area contributed by atoms with Crippen LogP contribution in [-0.4, -0.2) is 17.3 Å². The Kier molecular flexibility index (Phi) is 5.52. The van der Waals surface area contributed by atoms with Crippen molar-refractivity contribution in [2.24, 2.45) is 0 Å². The molecule has 74 valence electrons. The van der Waals surface area contributed by atoms with Crippen LogP contribution in [0, 0.1) is 0 Å². The predicted octanol–water partition coefficient (Wildman–Crippen LogP) is -0.880. The molecule has 0 spiro atoms. The summed E-state index contributed by atoms with van der Waals surface area (Å²) >= 11 is 16.8. The Hall–Kier alpha value is 1.26. The second-order valence-electron chi connectivity index (χ2n) is 2.49. The van der Waals surface area contributed by atoms with Gasteiger partial charge in [-0.3, -0.25) is 0 Å². The third-order valence-corrected chi connectivity index (χ3v) is 3.30. The summed E-state index contributed by atoms with van der Waals surface area (Å²) in [6.45, 7) is 0. The minimum Gasteiger partial charge on any atom is -0.744 e. The van der Waals surface area contributed by atoms with Gasteiger partial charge in [0.1, 0.15) is 14.5 Å². The van der Waals surface area contributed by atoms with Gasteiger partial charge in [0.05, 0.1) is 4.91 Å². The minimum atomic E-state index is -4.53. The maximum atomic E-state index is 10.6. The van der Waals surface area contributed by atoms with Gasteiger partial charge in [-0.2, -0.15) is 0 Å². The van der Waals surface area contributed by atoms with E-state index in [1.54, 1.807) is 0 Å². The van der Waals surface area contributed by atoms with Crippen LogP contribution in [0.4, 0.5) is 0 Å². The molecule has 14 heavy (non-hydrogen) atoms. The summed E-state index contributed by atoms with van der Waals surface area (Å²) in [7, 11) is -4.53. The molecule has 1 aliphatic rings. The largest absolute Gasteiger partial charge is 1.00 e. The molecule has 0 radical (unpaired) electrons. The molecular formula is C6H4Cl3NaO3S. The van der Waals surface area contributed by atoms with Crippen molar-refractivity contribution in [1.29, 1.82) is 0 Å². The van der Waals surface area contributed by atoms with Gasteiger partial charge in [-0.1, -0.05) is 34.8 Å². The molecule has 0 bridgehead atoms. The Morgan fingerprint density at radius 3 is 2.29 bits per heavy atom. The Bertz CT molecular complexity index is 385. The van der Waals surface area contributed by atoms with Gasteiger partial charge in [-0.15, -0.1) is 0 Å². The maximum Gasteiger partial charge on any atom is 1.00 e. The second-order valence-corrected chi connectivity index (χ2v) is 5.84. The SMILES string of the molecule is O=S(=O)([O-])C1=C(Cl)CC(Cl)(Cl)C=C1.[Na+]. The van der Waals surface area contributed by atoms with Gasteiger partial charge >= 0.3 is 29.6 Å². The van der Waals surface area contributed by atoms with E-state index >= 15 is 0 Å². The van der Waals surface area contributed by atoms with Gasteiger partial charge in [0.2, 0.25) is 0 Å². The van der Waals surface area contributed by atoms with Crippen LogP contribution in [0.2, 0.25) is 0 Å². The van der Waals surface area contributed by atoms with E-state index in [1.165, 1.54) is 6.08 Å². The first-order valence-electron chi connectivity index (χ1n) is 3.14. The summed E-state index contributed by atoms with van der Waals surface area (Å²) in [5, 5.41) is -0.137. The van der Waals surface area contributed by atoms with Gasteiger partial charge in [0, 0.05) is 11.5 Å². The van der Waals surface area contributed by atoms with Crippen molar-refractivity contribution < 1.29 is 42.5 Å². The fourth-order valence-electron chi connectivity index (χ4n) is 0.860. The first-order chi connectivity index (χ1) is 5.72. The molecule has 0 heterocycles. The van der Waals surface area contributed by atoms with Crippen molar-refractivity contribution in [1.82, 2.24) is 0 Å². The average molecular weight is 286 g/mol. The molecular weight excluding hydrogens is 281 g/mol. The Morgan fingerprint density at radius 2 is 1.93 bits per heavy atom. The van der Waals surface area contributed by atoms with Gasteiger partial charge in [0.15, 0.2) is 0 Å². The molecule has 0 aromatic rings. The summed E-state index contributed by atoms with van der Waals surface area (Å²) in [6.07, 6.45) is 2.16. The van der Waals surface area contributed by atoms with Crippen molar-refractivity contribution in [3.8, 4) is 0 Å². The van der Waals surface area contributed by atoms with E-state index in [0.29, 0.717) is 0 Å². The van der Waals surface area contributed by atoms with Crippen molar-refractivity contribution >= 4 is 44.9 Å². The molecule has 0 amide bonds.